The Hall–Kier alpha value is -1.07. The summed E-state index contributed by atoms with van der Waals surface area (Å²) in [4.78, 5) is 11.2. The van der Waals surface area contributed by atoms with E-state index in [2.05, 4.69) is 27.8 Å². The third-order valence-corrected chi connectivity index (χ3v) is 2.48. The highest BCUT2D eigenvalue weighted by atomic mass is 79.9. The second kappa shape index (κ2) is 5.72. The minimum absolute atomic E-state index is 0.0820. The highest BCUT2D eigenvalue weighted by Gasteiger charge is 2.01. The maximum Gasteiger partial charge on any atom is 0.159 e. The molecule has 1 rings (SSSR count). The molecular weight excluding hydrogens is 252 g/mol. The van der Waals surface area contributed by atoms with Gasteiger partial charge in [-0.2, -0.15) is 0 Å². The molecule has 1 nitrogen and oxygen atoms in total. The van der Waals surface area contributed by atoms with Crippen LogP contribution in [-0.2, 0) is 0 Å². The van der Waals surface area contributed by atoms with Crippen LogP contribution >= 0.6 is 15.9 Å². The Morgan fingerprint density at radius 2 is 2.20 bits per heavy atom. The quantitative estimate of drug-likeness (QED) is 0.455. The zero-order valence-electron chi connectivity index (χ0n) is 8.93. The minimum Gasteiger partial charge on any atom is -0.295 e. The summed E-state index contributed by atoms with van der Waals surface area (Å²) in [5.41, 5.74) is 2.79. The van der Waals surface area contributed by atoms with Crippen LogP contribution in [0.5, 0.6) is 0 Å². The molecule has 0 unspecified atom stereocenters. The van der Waals surface area contributed by atoms with Crippen molar-refractivity contribution in [3.63, 3.8) is 0 Å². The van der Waals surface area contributed by atoms with Crippen molar-refractivity contribution in [2.24, 2.45) is 0 Å². The molecule has 0 amide bonds. The molecule has 0 heterocycles. The highest BCUT2D eigenvalue weighted by molar-refractivity contribution is 9.09. The van der Waals surface area contributed by atoms with Crippen LogP contribution in [0.15, 0.2) is 18.2 Å². The van der Waals surface area contributed by atoms with Crippen LogP contribution in [0.4, 0.5) is 0 Å². The summed E-state index contributed by atoms with van der Waals surface area (Å²) in [5.74, 6) is 6.21. The summed E-state index contributed by atoms with van der Waals surface area (Å²) in [6, 6.07) is 5.64. The predicted octanol–water partition coefficient (Wildman–Crippen LogP) is 3.33. The van der Waals surface area contributed by atoms with E-state index in [9.17, 15) is 4.79 Å². The van der Waals surface area contributed by atoms with Crippen LogP contribution in [-0.4, -0.2) is 11.1 Å². The number of hydrogen-bond acceptors (Lipinski definition) is 1. The molecule has 0 radical (unpaired) electrons. The number of halogens is 1. The molecule has 15 heavy (non-hydrogen) atoms. The van der Waals surface area contributed by atoms with Gasteiger partial charge in [-0.05, 0) is 25.5 Å². The van der Waals surface area contributed by atoms with E-state index in [1.54, 1.807) is 6.92 Å². The standard InChI is InChI=1S/C13H13BrO/c1-10-6-7-13(11(2)15)9-12(10)5-3-4-8-14/h6-7,9H,4,8H2,1-2H3. The molecule has 0 saturated carbocycles. The maximum atomic E-state index is 11.2. The van der Waals surface area contributed by atoms with Crippen LogP contribution in [0.2, 0.25) is 0 Å². The number of alkyl halides is 1. The lowest BCUT2D eigenvalue weighted by Crippen LogP contribution is -1.94. The van der Waals surface area contributed by atoms with Gasteiger partial charge in [0.2, 0.25) is 0 Å². The first-order valence-electron chi connectivity index (χ1n) is 4.81. The lowest BCUT2D eigenvalue weighted by atomic mass is 10.0. The topological polar surface area (TPSA) is 17.1 Å². The number of Topliss-reactive ketones (excluding diaryl/α,β-unsaturated/α-hetero) is 1. The molecule has 0 fully saturated rings. The van der Waals surface area contributed by atoms with E-state index in [1.807, 2.05) is 25.1 Å². The Morgan fingerprint density at radius 1 is 1.47 bits per heavy atom. The summed E-state index contributed by atoms with van der Waals surface area (Å²) in [5, 5.41) is 0.880. The van der Waals surface area contributed by atoms with Crippen LogP contribution in [0.25, 0.3) is 0 Å². The van der Waals surface area contributed by atoms with Crippen molar-refractivity contribution in [1.29, 1.82) is 0 Å². The van der Waals surface area contributed by atoms with Crippen LogP contribution in [0.3, 0.4) is 0 Å². The second-order valence-corrected chi connectivity index (χ2v) is 4.12. The minimum atomic E-state index is 0.0820. The summed E-state index contributed by atoms with van der Waals surface area (Å²) >= 11 is 3.32. The first-order valence-corrected chi connectivity index (χ1v) is 5.93. The van der Waals surface area contributed by atoms with Crippen molar-refractivity contribution in [3.05, 3.63) is 34.9 Å². The van der Waals surface area contributed by atoms with Gasteiger partial charge in [-0.15, -0.1) is 0 Å². The van der Waals surface area contributed by atoms with Crippen molar-refractivity contribution in [2.75, 3.05) is 5.33 Å². The predicted molar refractivity (Wildman–Crippen MR) is 66.5 cm³/mol. The summed E-state index contributed by atoms with van der Waals surface area (Å²) in [7, 11) is 0. The fourth-order valence-corrected chi connectivity index (χ4v) is 1.38. The Bertz CT molecular complexity index is 424. The zero-order valence-corrected chi connectivity index (χ0v) is 10.5. The number of aryl methyl sites for hydroxylation is 1. The summed E-state index contributed by atoms with van der Waals surface area (Å²) < 4.78 is 0. The Kier molecular flexibility index (Phi) is 4.58. The van der Waals surface area contributed by atoms with E-state index in [0.29, 0.717) is 0 Å². The molecule has 78 valence electrons. The first-order chi connectivity index (χ1) is 7.15. The molecule has 0 atom stereocenters. The average molecular weight is 265 g/mol. The Balaban J connectivity index is 3.02. The van der Waals surface area contributed by atoms with Gasteiger partial charge in [0.1, 0.15) is 0 Å². The summed E-state index contributed by atoms with van der Waals surface area (Å²) in [6.45, 7) is 3.57. The molecule has 0 aliphatic heterocycles. The molecule has 0 spiro atoms. The maximum absolute atomic E-state index is 11.2. The number of carbonyl (C=O) groups excluding carboxylic acids is 1. The van der Waals surface area contributed by atoms with Gasteiger partial charge in [0.15, 0.2) is 5.78 Å². The zero-order chi connectivity index (χ0) is 11.3. The molecule has 0 aromatic heterocycles. The lowest BCUT2D eigenvalue weighted by molar-refractivity contribution is 0.101. The van der Waals surface area contributed by atoms with E-state index in [4.69, 9.17) is 0 Å². The molecule has 1 aromatic rings. The number of rotatable bonds is 2. The largest absolute Gasteiger partial charge is 0.295 e. The molecule has 2 heteroatoms. The van der Waals surface area contributed by atoms with E-state index >= 15 is 0 Å². The van der Waals surface area contributed by atoms with E-state index in [1.165, 1.54) is 0 Å². The molecule has 0 saturated heterocycles. The van der Waals surface area contributed by atoms with Crippen LogP contribution in [0.1, 0.15) is 34.8 Å². The fourth-order valence-electron chi connectivity index (χ4n) is 1.18. The van der Waals surface area contributed by atoms with Gasteiger partial charge in [0.25, 0.3) is 0 Å². The SMILES string of the molecule is CC(=O)c1ccc(C)c(C#CCCBr)c1. The lowest BCUT2D eigenvalue weighted by Gasteiger charge is -2.00. The van der Waals surface area contributed by atoms with E-state index in [0.717, 1.165) is 28.4 Å². The molecule has 0 N–H and O–H groups in total. The monoisotopic (exact) mass is 264 g/mol. The smallest absolute Gasteiger partial charge is 0.159 e. The Labute approximate surface area is 99.0 Å². The molecule has 0 aliphatic rings. The van der Waals surface area contributed by atoms with E-state index in [-0.39, 0.29) is 5.78 Å². The molecule has 0 aliphatic carbocycles. The Morgan fingerprint density at radius 3 is 2.80 bits per heavy atom. The summed E-state index contributed by atoms with van der Waals surface area (Å²) in [6.07, 6.45) is 0.823. The van der Waals surface area contributed by atoms with Crippen LogP contribution < -0.4 is 0 Å². The van der Waals surface area contributed by atoms with Gasteiger partial charge < -0.3 is 0 Å². The average Bonchev–Trinajstić information content (AvgIpc) is 2.20. The van der Waals surface area contributed by atoms with Crippen molar-refractivity contribution in [2.45, 2.75) is 20.3 Å². The normalized spacial score (nSPS) is 9.27. The second-order valence-electron chi connectivity index (χ2n) is 3.33. The van der Waals surface area contributed by atoms with Crippen LogP contribution in [0, 0.1) is 18.8 Å². The first kappa shape index (κ1) is 12.0. The third kappa shape index (κ3) is 3.53. The van der Waals surface area contributed by atoms with Crippen molar-refractivity contribution >= 4 is 21.7 Å². The van der Waals surface area contributed by atoms with Gasteiger partial charge in [-0.1, -0.05) is 39.9 Å². The van der Waals surface area contributed by atoms with Crippen molar-refractivity contribution in [3.8, 4) is 11.8 Å². The number of ketones is 1. The molecule has 1 aromatic carbocycles. The van der Waals surface area contributed by atoms with Gasteiger partial charge in [-0.25, -0.2) is 0 Å². The third-order valence-electron chi connectivity index (χ3n) is 2.09. The fraction of sp³-hybridized carbons (Fsp3) is 0.308. The van der Waals surface area contributed by atoms with E-state index < -0.39 is 0 Å². The molecule has 0 bridgehead atoms. The number of hydrogen-bond donors (Lipinski definition) is 0. The van der Waals surface area contributed by atoms with Crippen molar-refractivity contribution < 1.29 is 4.79 Å². The number of benzene rings is 1. The number of carbonyl (C=O) groups is 1. The van der Waals surface area contributed by atoms with Crippen molar-refractivity contribution in [1.82, 2.24) is 0 Å². The molecular formula is C13H13BrO. The van der Waals surface area contributed by atoms with Gasteiger partial charge in [0.05, 0.1) is 0 Å². The van der Waals surface area contributed by atoms with Gasteiger partial charge >= 0.3 is 0 Å². The van der Waals surface area contributed by atoms with Gasteiger partial charge in [-0.3, -0.25) is 4.79 Å². The van der Waals surface area contributed by atoms with Gasteiger partial charge in [0, 0.05) is 22.9 Å². The highest BCUT2D eigenvalue weighted by Crippen LogP contribution is 2.10.